The SMILES string of the molecule is CCOC(=O)C1(C(=O)OCC)C=C2C(=C1)C(Br)SC2Br. The van der Waals surface area contributed by atoms with Crippen LogP contribution in [-0.2, 0) is 19.1 Å². The molecule has 20 heavy (non-hydrogen) atoms. The van der Waals surface area contributed by atoms with Crippen molar-refractivity contribution < 1.29 is 19.1 Å². The highest BCUT2D eigenvalue weighted by atomic mass is 79.9. The molecule has 1 heterocycles. The van der Waals surface area contributed by atoms with E-state index in [9.17, 15) is 9.59 Å². The van der Waals surface area contributed by atoms with Crippen LogP contribution < -0.4 is 0 Å². The molecule has 0 amide bonds. The number of esters is 2. The lowest BCUT2D eigenvalue weighted by Crippen LogP contribution is -2.38. The first-order valence-electron chi connectivity index (χ1n) is 6.20. The first-order valence-corrected chi connectivity index (χ1v) is 8.97. The molecular formula is C13H14Br2O4S. The number of hydrogen-bond donors (Lipinski definition) is 0. The van der Waals surface area contributed by atoms with Gasteiger partial charge in [-0.1, -0.05) is 31.9 Å². The van der Waals surface area contributed by atoms with Crippen molar-refractivity contribution in [2.45, 2.75) is 22.2 Å². The zero-order chi connectivity index (χ0) is 14.9. The Morgan fingerprint density at radius 1 is 1.10 bits per heavy atom. The maximum atomic E-state index is 12.3. The summed E-state index contributed by atoms with van der Waals surface area (Å²) in [5, 5.41) is 0. The highest BCUT2D eigenvalue weighted by Crippen LogP contribution is 2.54. The predicted molar refractivity (Wildman–Crippen MR) is 84.9 cm³/mol. The second kappa shape index (κ2) is 6.23. The van der Waals surface area contributed by atoms with Crippen LogP contribution in [0.25, 0.3) is 0 Å². The molecule has 2 atom stereocenters. The molecule has 0 bridgehead atoms. The summed E-state index contributed by atoms with van der Waals surface area (Å²) >= 11 is 8.72. The van der Waals surface area contributed by atoms with Gasteiger partial charge in [-0.25, -0.2) is 0 Å². The minimum Gasteiger partial charge on any atom is -0.465 e. The van der Waals surface area contributed by atoms with E-state index in [4.69, 9.17) is 9.47 Å². The number of ether oxygens (including phenoxy) is 2. The maximum Gasteiger partial charge on any atom is 0.331 e. The fourth-order valence-corrected chi connectivity index (χ4v) is 6.03. The van der Waals surface area contributed by atoms with Crippen molar-refractivity contribution in [1.82, 2.24) is 0 Å². The van der Waals surface area contributed by atoms with Crippen LogP contribution in [-0.4, -0.2) is 33.5 Å². The van der Waals surface area contributed by atoms with Crippen LogP contribution in [0, 0.1) is 5.41 Å². The lowest BCUT2D eigenvalue weighted by atomic mass is 9.90. The summed E-state index contributed by atoms with van der Waals surface area (Å²) in [5.74, 6) is -1.17. The van der Waals surface area contributed by atoms with Gasteiger partial charge in [0.1, 0.15) is 0 Å². The molecule has 1 saturated heterocycles. The van der Waals surface area contributed by atoms with Crippen molar-refractivity contribution in [2.24, 2.45) is 5.41 Å². The molecule has 0 saturated carbocycles. The van der Waals surface area contributed by atoms with Crippen LogP contribution in [0.1, 0.15) is 13.8 Å². The molecule has 0 aromatic heterocycles. The molecular weight excluding hydrogens is 412 g/mol. The molecule has 1 fully saturated rings. The largest absolute Gasteiger partial charge is 0.465 e. The van der Waals surface area contributed by atoms with E-state index in [0.29, 0.717) is 0 Å². The third kappa shape index (κ3) is 2.60. The predicted octanol–water partition coefficient (Wildman–Crippen LogP) is 3.15. The number of thioether (sulfide) groups is 1. The zero-order valence-corrected chi connectivity index (χ0v) is 15.0. The van der Waals surface area contributed by atoms with E-state index in [1.54, 1.807) is 37.8 Å². The van der Waals surface area contributed by atoms with E-state index in [1.807, 2.05) is 0 Å². The van der Waals surface area contributed by atoms with Crippen LogP contribution >= 0.6 is 43.6 Å². The van der Waals surface area contributed by atoms with Gasteiger partial charge >= 0.3 is 11.9 Å². The molecule has 0 spiro atoms. The fraction of sp³-hybridized carbons (Fsp3) is 0.538. The summed E-state index contributed by atoms with van der Waals surface area (Å²) < 4.78 is 10.2. The summed E-state index contributed by atoms with van der Waals surface area (Å²) in [6.07, 6.45) is 3.32. The Kier molecular flexibility index (Phi) is 5.02. The molecule has 110 valence electrons. The number of carbonyl (C=O) groups is 2. The van der Waals surface area contributed by atoms with Crippen molar-refractivity contribution in [3.05, 3.63) is 23.3 Å². The van der Waals surface area contributed by atoms with Crippen LogP contribution in [0.2, 0.25) is 0 Å². The van der Waals surface area contributed by atoms with Crippen LogP contribution in [0.15, 0.2) is 23.3 Å². The van der Waals surface area contributed by atoms with Crippen molar-refractivity contribution in [2.75, 3.05) is 13.2 Å². The second-order valence-electron chi connectivity index (χ2n) is 4.28. The molecule has 0 radical (unpaired) electrons. The topological polar surface area (TPSA) is 52.6 Å². The Labute approximate surface area is 138 Å². The third-order valence-corrected chi connectivity index (χ3v) is 6.32. The van der Waals surface area contributed by atoms with Gasteiger partial charge in [0.15, 0.2) is 0 Å². The van der Waals surface area contributed by atoms with E-state index in [0.717, 1.165) is 11.1 Å². The first-order chi connectivity index (χ1) is 9.46. The van der Waals surface area contributed by atoms with E-state index < -0.39 is 17.4 Å². The van der Waals surface area contributed by atoms with Gasteiger partial charge in [0, 0.05) is 0 Å². The standard InChI is InChI=1S/C13H14Br2O4S/c1-3-18-11(16)13(12(17)19-4-2)5-7-8(6-13)10(15)20-9(7)14/h5-6,9-10H,3-4H2,1-2H3. The number of halogens is 2. The Morgan fingerprint density at radius 3 is 1.85 bits per heavy atom. The molecule has 2 unspecified atom stereocenters. The molecule has 7 heteroatoms. The maximum absolute atomic E-state index is 12.3. The highest BCUT2D eigenvalue weighted by molar-refractivity contribution is 9.13. The Hall–Kier alpha value is -0.270. The third-order valence-electron chi connectivity index (χ3n) is 3.05. The second-order valence-corrected chi connectivity index (χ2v) is 8.54. The lowest BCUT2D eigenvalue weighted by Gasteiger charge is -2.21. The van der Waals surface area contributed by atoms with E-state index in [1.165, 1.54) is 0 Å². The number of rotatable bonds is 4. The van der Waals surface area contributed by atoms with Gasteiger partial charge in [-0.15, -0.1) is 11.8 Å². The van der Waals surface area contributed by atoms with Crippen LogP contribution in [0.4, 0.5) is 0 Å². The van der Waals surface area contributed by atoms with Gasteiger partial charge in [-0.05, 0) is 37.1 Å². The highest BCUT2D eigenvalue weighted by Gasteiger charge is 2.52. The average Bonchev–Trinajstić information content (AvgIpc) is 2.91. The van der Waals surface area contributed by atoms with Gasteiger partial charge in [0.25, 0.3) is 0 Å². The van der Waals surface area contributed by atoms with Gasteiger partial charge in [0.05, 0.1) is 21.5 Å². The molecule has 0 aromatic rings. The molecule has 4 nitrogen and oxygen atoms in total. The van der Waals surface area contributed by atoms with Crippen molar-refractivity contribution in [3.63, 3.8) is 0 Å². The van der Waals surface area contributed by atoms with Crippen molar-refractivity contribution in [3.8, 4) is 0 Å². The van der Waals surface area contributed by atoms with Crippen molar-refractivity contribution in [1.29, 1.82) is 0 Å². The summed E-state index contributed by atoms with van der Waals surface area (Å²) in [5.41, 5.74) is 0.409. The van der Waals surface area contributed by atoms with Gasteiger partial charge in [-0.3, -0.25) is 9.59 Å². The molecule has 0 aromatic carbocycles. The number of alkyl halides is 2. The van der Waals surface area contributed by atoms with Gasteiger partial charge in [0.2, 0.25) is 5.41 Å². The fourth-order valence-electron chi connectivity index (χ4n) is 2.16. The Bertz CT molecular complexity index is 457. The normalized spacial score (nSPS) is 26.6. The smallest absolute Gasteiger partial charge is 0.331 e. The molecule has 1 aliphatic carbocycles. The summed E-state index contributed by atoms with van der Waals surface area (Å²) in [4.78, 5) is 24.6. The molecule has 2 aliphatic rings. The summed E-state index contributed by atoms with van der Waals surface area (Å²) in [6.45, 7) is 3.86. The minimum atomic E-state index is -1.45. The summed E-state index contributed by atoms with van der Waals surface area (Å²) in [6, 6.07) is 0. The Balaban J connectivity index is 2.44. The zero-order valence-electron chi connectivity index (χ0n) is 11.0. The van der Waals surface area contributed by atoms with Crippen LogP contribution in [0.3, 0.4) is 0 Å². The lowest BCUT2D eigenvalue weighted by molar-refractivity contribution is -0.164. The van der Waals surface area contributed by atoms with E-state index in [-0.39, 0.29) is 21.5 Å². The van der Waals surface area contributed by atoms with Gasteiger partial charge in [-0.2, -0.15) is 0 Å². The monoisotopic (exact) mass is 424 g/mol. The minimum absolute atomic E-state index is 0.0452. The van der Waals surface area contributed by atoms with Crippen LogP contribution in [0.5, 0.6) is 0 Å². The first kappa shape index (κ1) is 16.1. The van der Waals surface area contributed by atoms with Crippen molar-refractivity contribution >= 4 is 55.6 Å². The van der Waals surface area contributed by atoms with E-state index >= 15 is 0 Å². The number of carbonyl (C=O) groups excluding carboxylic acids is 2. The number of fused-ring (bicyclic) bond motifs is 1. The average molecular weight is 426 g/mol. The van der Waals surface area contributed by atoms with E-state index in [2.05, 4.69) is 31.9 Å². The summed E-state index contributed by atoms with van der Waals surface area (Å²) in [7, 11) is 0. The molecule has 2 rings (SSSR count). The van der Waals surface area contributed by atoms with Gasteiger partial charge < -0.3 is 9.47 Å². The molecule has 1 aliphatic heterocycles. The number of hydrogen-bond acceptors (Lipinski definition) is 5. The quantitative estimate of drug-likeness (QED) is 0.393. The molecule has 0 N–H and O–H groups in total. The Morgan fingerprint density at radius 2 is 1.50 bits per heavy atom.